The van der Waals surface area contributed by atoms with E-state index < -0.39 is 0 Å². The molecule has 0 aliphatic heterocycles. The summed E-state index contributed by atoms with van der Waals surface area (Å²) < 4.78 is 5.73. The molecular weight excluding hydrogens is 204 g/mol. The Morgan fingerprint density at radius 2 is 2.06 bits per heavy atom. The summed E-state index contributed by atoms with van der Waals surface area (Å²) in [5.74, 6) is -0.00304. The second-order valence-corrected chi connectivity index (χ2v) is 4.61. The molecule has 0 bridgehead atoms. The zero-order valence-electron chi connectivity index (χ0n) is 10.4. The molecule has 3 N–H and O–H groups in total. The van der Waals surface area contributed by atoms with Crippen molar-refractivity contribution in [3.05, 3.63) is 0 Å². The predicted molar refractivity (Wildman–Crippen MR) is 64.1 cm³/mol. The van der Waals surface area contributed by atoms with Crippen molar-refractivity contribution in [2.45, 2.75) is 64.2 Å². The van der Waals surface area contributed by atoms with Crippen molar-refractivity contribution in [2.75, 3.05) is 6.54 Å². The molecule has 1 rings (SSSR count). The van der Waals surface area contributed by atoms with Gasteiger partial charge in [0.05, 0.1) is 6.10 Å². The number of nitrogens with two attached hydrogens (primary N) is 1. The first-order chi connectivity index (χ1) is 7.63. The van der Waals surface area contributed by atoms with E-state index in [1.165, 1.54) is 0 Å². The summed E-state index contributed by atoms with van der Waals surface area (Å²) in [5, 5.41) is 2.84. The average Bonchev–Trinajstić information content (AvgIpc) is 2.29. The van der Waals surface area contributed by atoms with Gasteiger partial charge in [0.15, 0.2) is 0 Å². The summed E-state index contributed by atoms with van der Waals surface area (Å²) in [7, 11) is 0. The lowest BCUT2D eigenvalue weighted by molar-refractivity contribution is -0.136. The van der Waals surface area contributed by atoms with E-state index in [1.807, 2.05) is 13.8 Å². The lowest BCUT2D eigenvalue weighted by Gasteiger charge is -2.28. The Kier molecular flexibility index (Phi) is 5.77. The van der Waals surface area contributed by atoms with Crippen LogP contribution in [0.4, 0.5) is 0 Å². The molecule has 1 atom stereocenters. The molecule has 1 unspecified atom stereocenters. The normalized spacial score (nSPS) is 27.4. The Hall–Kier alpha value is -0.610. The van der Waals surface area contributed by atoms with E-state index in [9.17, 15) is 4.79 Å². The van der Waals surface area contributed by atoms with Gasteiger partial charge in [-0.1, -0.05) is 6.92 Å². The second kappa shape index (κ2) is 6.86. The molecule has 0 aromatic rings. The van der Waals surface area contributed by atoms with Gasteiger partial charge in [0.25, 0.3) is 0 Å². The van der Waals surface area contributed by atoms with Crippen LogP contribution in [0, 0.1) is 0 Å². The Labute approximate surface area is 97.9 Å². The fraction of sp³-hybridized carbons (Fsp3) is 0.917. The van der Waals surface area contributed by atoms with Crippen molar-refractivity contribution in [1.82, 2.24) is 5.32 Å². The van der Waals surface area contributed by atoms with Crippen LogP contribution in [0.1, 0.15) is 46.0 Å². The molecule has 4 nitrogen and oxygen atoms in total. The third-order valence-electron chi connectivity index (χ3n) is 3.03. The lowest BCUT2D eigenvalue weighted by Crippen LogP contribution is -2.39. The minimum Gasteiger partial charge on any atom is -0.365 e. The van der Waals surface area contributed by atoms with E-state index in [1.54, 1.807) is 0 Å². The molecule has 0 radical (unpaired) electrons. The van der Waals surface area contributed by atoms with Gasteiger partial charge in [-0.3, -0.25) is 4.79 Å². The van der Waals surface area contributed by atoms with Crippen LogP contribution in [-0.2, 0) is 9.53 Å². The maximum Gasteiger partial charge on any atom is 0.248 e. The smallest absolute Gasteiger partial charge is 0.248 e. The second-order valence-electron chi connectivity index (χ2n) is 4.61. The highest BCUT2D eigenvalue weighted by atomic mass is 16.5. The third kappa shape index (κ3) is 4.49. The minimum atomic E-state index is -0.342. The zero-order valence-corrected chi connectivity index (χ0v) is 10.4. The highest BCUT2D eigenvalue weighted by Crippen LogP contribution is 2.20. The van der Waals surface area contributed by atoms with Crippen molar-refractivity contribution >= 4 is 5.91 Å². The van der Waals surface area contributed by atoms with Crippen LogP contribution in [0.5, 0.6) is 0 Å². The van der Waals surface area contributed by atoms with E-state index in [2.05, 4.69) is 5.32 Å². The molecule has 0 saturated heterocycles. The quantitative estimate of drug-likeness (QED) is 0.743. The van der Waals surface area contributed by atoms with Crippen LogP contribution in [0.2, 0.25) is 0 Å². The van der Waals surface area contributed by atoms with Crippen LogP contribution in [0.15, 0.2) is 0 Å². The topological polar surface area (TPSA) is 64.3 Å². The molecule has 0 aromatic heterocycles. The zero-order chi connectivity index (χ0) is 12.0. The van der Waals surface area contributed by atoms with Crippen LogP contribution >= 0.6 is 0 Å². The number of carbonyl (C=O) groups excluding carboxylic acids is 1. The van der Waals surface area contributed by atoms with Crippen LogP contribution in [0.3, 0.4) is 0 Å². The molecule has 16 heavy (non-hydrogen) atoms. The number of ether oxygens (including phenoxy) is 1. The van der Waals surface area contributed by atoms with Gasteiger partial charge in [0.1, 0.15) is 6.10 Å². The van der Waals surface area contributed by atoms with Gasteiger partial charge >= 0.3 is 0 Å². The molecule has 0 aromatic carbocycles. The predicted octanol–water partition coefficient (Wildman–Crippen LogP) is 1.19. The highest BCUT2D eigenvalue weighted by molar-refractivity contribution is 5.80. The van der Waals surface area contributed by atoms with E-state index in [-0.39, 0.29) is 18.1 Å². The Balaban J connectivity index is 2.22. The van der Waals surface area contributed by atoms with Crippen molar-refractivity contribution in [2.24, 2.45) is 5.73 Å². The fourth-order valence-electron chi connectivity index (χ4n) is 1.97. The third-order valence-corrected chi connectivity index (χ3v) is 3.03. The van der Waals surface area contributed by atoms with Crippen LogP contribution in [0.25, 0.3) is 0 Å². The molecule has 1 saturated carbocycles. The Bertz CT molecular complexity index is 213. The van der Waals surface area contributed by atoms with Crippen molar-refractivity contribution in [3.8, 4) is 0 Å². The van der Waals surface area contributed by atoms with E-state index in [0.29, 0.717) is 6.04 Å². The molecule has 0 spiro atoms. The average molecular weight is 228 g/mol. The monoisotopic (exact) mass is 228 g/mol. The van der Waals surface area contributed by atoms with E-state index in [4.69, 9.17) is 10.5 Å². The maximum atomic E-state index is 11.6. The summed E-state index contributed by atoms with van der Waals surface area (Å²) >= 11 is 0. The van der Waals surface area contributed by atoms with Gasteiger partial charge < -0.3 is 15.8 Å². The highest BCUT2D eigenvalue weighted by Gasteiger charge is 2.23. The molecule has 1 aliphatic carbocycles. The van der Waals surface area contributed by atoms with Gasteiger partial charge in [0, 0.05) is 12.6 Å². The standard InChI is InChI=1S/C12H24N2O2/c1-3-8-14-12(15)9(2)16-11-6-4-10(13)5-7-11/h9-11H,3-8,13H2,1-2H3,(H,14,15). The molecule has 1 amide bonds. The summed E-state index contributed by atoms with van der Waals surface area (Å²) in [6, 6.07) is 0.323. The maximum absolute atomic E-state index is 11.6. The van der Waals surface area contributed by atoms with Gasteiger partial charge in [0.2, 0.25) is 5.91 Å². The lowest BCUT2D eigenvalue weighted by atomic mass is 9.93. The summed E-state index contributed by atoms with van der Waals surface area (Å²) in [5.41, 5.74) is 5.82. The SMILES string of the molecule is CCCNC(=O)C(C)OC1CCC(N)CC1. The fourth-order valence-corrected chi connectivity index (χ4v) is 1.97. The molecule has 4 heteroatoms. The number of hydrogen-bond donors (Lipinski definition) is 2. The number of carbonyl (C=O) groups is 1. The Morgan fingerprint density at radius 3 is 2.62 bits per heavy atom. The van der Waals surface area contributed by atoms with Crippen molar-refractivity contribution in [3.63, 3.8) is 0 Å². The van der Waals surface area contributed by atoms with Crippen molar-refractivity contribution in [1.29, 1.82) is 0 Å². The molecular formula is C12H24N2O2. The summed E-state index contributed by atoms with van der Waals surface area (Å²) in [6.45, 7) is 4.58. The van der Waals surface area contributed by atoms with Gasteiger partial charge in [-0.25, -0.2) is 0 Å². The van der Waals surface area contributed by atoms with E-state index in [0.717, 1.165) is 38.6 Å². The first-order valence-corrected chi connectivity index (χ1v) is 6.32. The summed E-state index contributed by atoms with van der Waals surface area (Å²) in [6.07, 6.45) is 4.80. The Morgan fingerprint density at radius 1 is 1.44 bits per heavy atom. The molecule has 94 valence electrons. The summed E-state index contributed by atoms with van der Waals surface area (Å²) in [4.78, 5) is 11.6. The number of amides is 1. The first-order valence-electron chi connectivity index (χ1n) is 6.32. The van der Waals surface area contributed by atoms with Gasteiger partial charge in [-0.15, -0.1) is 0 Å². The largest absolute Gasteiger partial charge is 0.365 e. The number of nitrogens with one attached hydrogen (secondary N) is 1. The van der Waals surface area contributed by atoms with Crippen molar-refractivity contribution < 1.29 is 9.53 Å². The van der Waals surface area contributed by atoms with Gasteiger partial charge in [-0.2, -0.15) is 0 Å². The number of hydrogen-bond acceptors (Lipinski definition) is 3. The van der Waals surface area contributed by atoms with Crippen LogP contribution < -0.4 is 11.1 Å². The molecule has 1 fully saturated rings. The minimum absolute atomic E-state index is 0.00304. The van der Waals surface area contributed by atoms with Crippen LogP contribution in [-0.4, -0.2) is 30.7 Å². The molecule has 0 heterocycles. The van der Waals surface area contributed by atoms with E-state index >= 15 is 0 Å². The molecule has 1 aliphatic rings. The first kappa shape index (κ1) is 13.5. The van der Waals surface area contributed by atoms with Gasteiger partial charge in [-0.05, 0) is 39.0 Å². The number of rotatable bonds is 5.